The summed E-state index contributed by atoms with van der Waals surface area (Å²) in [5, 5.41) is 9.94. The van der Waals surface area contributed by atoms with Crippen LogP contribution in [-0.2, 0) is 0 Å². The van der Waals surface area contributed by atoms with E-state index in [9.17, 15) is 14.3 Å². The Morgan fingerprint density at radius 2 is 1.85 bits per heavy atom. The minimum absolute atomic E-state index is 0.0549. The lowest BCUT2D eigenvalue weighted by atomic mass is 10.0. The molecule has 0 spiro atoms. The lowest BCUT2D eigenvalue weighted by molar-refractivity contribution is 0.469. The van der Waals surface area contributed by atoms with E-state index in [1.54, 1.807) is 19.1 Å². The summed E-state index contributed by atoms with van der Waals surface area (Å²) in [6.07, 6.45) is 1.23. The van der Waals surface area contributed by atoms with Crippen molar-refractivity contribution < 1.29 is 13.9 Å². The largest absolute Gasteiger partial charge is 0.508 e. The highest BCUT2D eigenvalue weighted by Gasteiger charge is 2.14. The van der Waals surface area contributed by atoms with E-state index in [1.807, 2.05) is 0 Å². The molecule has 0 aliphatic heterocycles. The average molecular weight is 270 g/mol. The van der Waals surface area contributed by atoms with E-state index < -0.39 is 5.82 Å². The second-order valence-corrected chi connectivity index (χ2v) is 4.54. The Bertz CT molecular complexity index is 865. The first kappa shape index (κ1) is 12.4. The van der Waals surface area contributed by atoms with E-state index in [0.29, 0.717) is 16.5 Å². The number of phenols is 1. The molecule has 0 atom stereocenters. The molecule has 2 aromatic carbocycles. The first-order valence-corrected chi connectivity index (χ1v) is 6.08. The van der Waals surface area contributed by atoms with Crippen molar-refractivity contribution in [3.05, 3.63) is 64.3 Å². The number of benzene rings is 2. The molecular weight excluding hydrogens is 259 g/mol. The lowest BCUT2D eigenvalue weighted by Gasteiger charge is -2.06. The molecule has 1 heterocycles. The standard InChI is InChI=1S/C16H11FO3/c1-9-14(18)7-6-11-15(19)12(8-20-16(9)11)10-4-2-3-5-13(10)17/h2-8,18H,1H3. The fraction of sp³-hybridized carbons (Fsp3) is 0.0625. The van der Waals surface area contributed by atoms with E-state index >= 15 is 0 Å². The third kappa shape index (κ3) is 1.77. The Hall–Kier alpha value is -2.62. The smallest absolute Gasteiger partial charge is 0.200 e. The molecule has 4 heteroatoms. The van der Waals surface area contributed by atoms with Crippen LogP contribution in [0.4, 0.5) is 4.39 Å². The third-order valence-electron chi connectivity index (χ3n) is 3.33. The molecule has 0 aliphatic carbocycles. The Morgan fingerprint density at radius 1 is 1.10 bits per heavy atom. The Labute approximate surface area is 113 Å². The zero-order valence-electron chi connectivity index (χ0n) is 10.7. The molecule has 0 saturated carbocycles. The Morgan fingerprint density at radius 3 is 2.60 bits per heavy atom. The normalized spacial score (nSPS) is 10.9. The lowest BCUT2D eigenvalue weighted by Crippen LogP contribution is -2.06. The van der Waals surface area contributed by atoms with E-state index in [4.69, 9.17) is 4.42 Å². The van der Waals surface area contributed by atoms with Crippen LogP contribution in [0.15, 0.2) is 51.9 Å². The number of hydrogen-bond donors (Lipinski definition) is 1. The van der Waals surface area contributed by atoms with Crippen LogP contribution in [0.1, 0.15) is 5.56 Å². The molecule has 1 N–H and O–H groups in total. The van der Waals surface area contributed by atoms with Crippen LogP contribution in [0.5, 0.6) is 5.75 Å². The SMILES string of the molecule is Cc1c(O)ccc2c(=O)c(-c3ccccc3F)coc12. The summed E-state index contributed by atoms with van der Waals surface area (Å²) in [7, 11) is 0. The molecule has 100 valence electrons. The van der Waals surface area contributed by atoms with Gasteiger partial charge in [0, 0.05) is 11.1 Å². The number of phenolic OH excluding ortho intramolecular Hbond substituents is 1. The van der Waals surface area contributed by atoms with E-state index in [1.165, 1.54) is 30.5 Å². The van der Waals surface area contributed by atoms with Crippen LogP contribution in [0.25, 0.3) is 22.1 Å². The molecular formula is C16H11FO3. The predicted molar refractivity (Wildman–Crippen MR) is 74.3 cm³/mol. The van der Waals surface area contributed by atoms with Gasteiger partial charge in [-0.25, -0.2) is 4.39 Å². The van der Waals surface area contributed by atoms with Gasteiger partial charge in [0.05, 0.1) is 10.9 Å². The van der Waals surface area contributed by atoms with Gasteiger partial charge in [0.15, 0.2) is 0 Å². The fourth-order valence-corrected chi connectivity index (χ4v) is 2.19. The summed E-state index contributed by atoms with van der Waals surface area (Å²) in [6.45, 7) is 1.66. The summed E-state index contributed by atoms with van der Waals surface area (Å²) >= 11 is 0. The van der Waals surface area contributed by atoms with Gasteiger partial charge in [-0.2, -0.15) is 0 Å². The van der Waals surface area contributed by atoms with Crippen molar-refractivity contribution in [1.29, 1.82) is 0 Å². The molecule has 0 fully saturated rings. The molecule has 1 aromatic heterocycles. The van der Waals surface area contributed by atoms with Crippen molar-refractivity contribution in [3.63, 3.8) is 0 Å². The maximum atomic E-state index is 13.8. The number of rotatable bonds is 1. The van der Waals surface area contributed by atoms with Gasteiger partial charge < -0.3 is 9.52 Å². The van der Waals surface area contributed by atoms with E-state index in [2.05, 4.69) is 0 Å². The van der Waals surface area contributed by atoms with Crippen molar-refractivity contribution >= 4 is 11.0 Å². The first-order chi connectivity index (χ1) is 9.59. The van der Waals surface area contributed by atoms with Crippen LogP contribution in [0.2, 0.25) is 0 Å². The minimum atomic E-state index is -0.477. The maximum Gasteiger partial charge on any atom is 0.200 e. The molecule has 0 bridgehead atoms. The van der Waals surface area contributed by atoms with Gasteiger partial charge >= 0.3 is 0 Å². The second-order valence-electron chi connectivity index (χ2n) is 4.54. The highest BCUT2D eigenvalue weighted by molar-refractivity contribution is 5.85. The van der Waals surface area contributed by atoms with Gasteiger partial charge in [-0.15, -0.1) is 0 Å². The van der Waals surface area contributed by atoms with Crippen LogP contribution in [-0.4, -0.2) is 5.11 Å². The van der Waals surface area contributed by atoms with Gasteiger partial charge in [0.25, 0.3) is 0 Å². The quantitative estimate of drug-likeness (QED) is 0.734. The number of aromatic hydroxyl groups is 1. The van der Waals surface area contributed by atoms with Crippen molar-refractivity contribution in [1.82, 2.24) is 0 Å². The fourth-order valence-electron chi connectivity index (χ4n) is 2.19. The number of aryl methyl sites for hydroxylation is 1. The Balaban J connectivity index is 2.36. The molecule has 3 aromatic rings. The number of halogens is 1. The number of hydrogen-bond acceptors (Lipinski definition) is 3. The molecule has 3 nitrogen and oxygen atoms in total. The molecule has 3 rings (SSSR count). The van der Waals surface area contributed by atoms with Crippen LogP contribution >= 0.6 is 0 Å². The zero-order valence-corrected chi connectivity index (χ0v) is 10.7. The van der Waals surface area contributed by atoms with Gasteiger partial charge in [-0.1, -0.05) is 18.2 Å². The summed E-state index contributed by atoms with van der Waals surface area (Å²) in [5.41, 5.74) is 0.851. The molecule has 0 aliphatic rings. The highest BCUT2D eigenvalue weighted by atomic mass is 19.1. The topological polar surface area (TPSA) is 50.4 Å². The predicted octanol–water partition coefficient (Wildman–Crippen LogP) is 3.61. The highest BCUT2D eigenvalue weighted by Crippen LogP contribution is 2.27. The molecule has 0 saturated heterocycles. The molecule has 20 heavy (non-hydrogen) atoms. The molecule has 0 amide bonds. The average Bonchev–Trinajstić information content (AvgIpc) is 2.45. The molecule has 0 unspecified atom stereocenters. The van der Waals surface area contributed by atoms with Gasteiger partial charge in [0.2, 0.25) is 5.43 Å². The Kier molecular flexibility index (Phi) is 2.79. The van der Waals surface area contributed by atoms with Crippen LogP contribution < -0.4 is 5.43 Å². The second kappa shape index (κ2) is 4.49. The summed E-state index contributed by atoms with van der Waals surface area (Å²) in [4.78, 5) is 12.4. The van der Waals surface area contributed by atoms with Crippen molar-refractivity contribution in [3.8, 4) is 16.9 Å². The minimum Gasteiger partial charge on any atom is -0.508 e. The maximum absolute atomic E-state index is 13.8. The number of fused-ring (bicyclic) bond motifs is 1. The molecule has 0 radical (unpaired) electrons. The van der Waals surface area contributed by atoms with E-state index in [-0.39, 0.29) is 22.3 Å². The van der Waals surface area contributed by atoms with Crippen LogP contribution in [0.3, 0.4) is 0 Å². The van der Waals surface area contributed by atoms with Crippen molar-refractivity contribution in [2.75, 3.05) is 0 Å². The van der Waals surface area contributed by atoms with Crippen LogP contribution in [0, 0.1) is 12.7 Å². The van der Waals surface area contributed by atoms with E-state index in [0.717, 1.165) is 0 Å². The van der Waals surface area contributed by atoms with Crippen molar-refractivity contribution in [2.24, 2.45) is 0 Å². The zero-order chi connectivity index (χ0) is 14.3. The first-order valence-electron chi connectivity index (χ1n) is 6.08. The third-order valence-corrected chi connectivity index (χ3v) is 3.33. The monoisotopic (exact) mass is 270 g/mol. The van der Waals surface area contributed by atoms with Gasteiger partial charge in [0.1, 0.15) is 23.4 Å². The summed E-state index contributed by atoms with van der Waals surface area (Å²) < 4.78 is 19.2. The summed E-state index contributed by atoms with van der Waals surface area (Å²) in [5.74, 6) is -0.422. The van der Waals surface area contributed by atoms with Gasteiger partial charge in [-0.05, 0) is 25.1 Å². The van der Waals surface area contributed by atoms with Crippen molar-refractivity contribution in [2.45, 2.75) is 6.92 Å². The summed E-state index contributed by atoms with van der Waals surface area (Å²) in [6, 6.07) is 8.95. The van der Waals surface area contributed by atoms with Gasteiger partial charge in [-0.3, -0.25) is 4.79 Å².